The first-order chi connectivity index (χ1) is 16.5. The fraction of sp³-hybridized carbons (Fsp3) is 0.500. The molecule has 1 aromatic carbocycles. The maximum atomic E-state index is 14.4. The molecule has 6 nitrogen and oxygen atoms in total. The molecule has 2 unspecified atom stereocenters. The Morgan fingerprint density at radius 2 is 1.86 bits per heavy atom. The molecule has 1 amide bonds. The summed E-state index contributed by atoms with van der Waals surface area (Å²) in [6.45, 7) is 0. The second-order valence-corrected chi connectivity index (χ2v) is 10.8. The van der Waals surface area contributed by atoms with Crippen LogP contribution in [0.15, 0.2) is 35.7 Å². The number of hydrogen-bond donors (Lipinski definition) is 1. The van der Waals surface area contributed by atoms with Crippen LogP contribution in [0.4, 0.5) is 22.0 Å². The third kappa shape index (κ3) is 4.74. The number of nitrogens with zero attached hydrogens (tertiary/aromatic N) is 4. The summed E-state index contributed by atoms with van der Waals surface area (Å²) in [7, 11) is 1.36. The van der Waals surface area contributed by atoms with Crippen LogP contribution in [-0.4, -0.2) is 62.1 Å². The molecular formula is C22H21ClF5N5OS. The van der Waals surface area contributed by atoms with Crippen LogP contribution in [-0.2, 0) is 0 Å². The maximum absolute atomic E-state index is 14.4. The molecule has 0 radical (unpaired) electrons. The molecule has 2 heterocycles. The zero-order valence-electron chi connectivity index (χ0n) is 18.4. The van der Waals surface area contributed by atoms with Crippen molar-refractivity contribution in [3.05, 3.63) is 41.2 Å². The highest BCUT2D eigenvalue weighted by atomic mass is 35.5. The molecule has 3 aliphatic rings. The fourth-order valence-corrected chi connectivity index (χ4v) is 5.66. The van der Waals surface area contributed by atoms with Gasteiger partial charge in [0.25, 0.3) is 5.91 Å². The SMILES string of the molecule is CN1N=C(C(F)(F)C(F)(F)F)C(SC2CC2)C1n1cc(-c2ccc(Cl)c(C(=O)NC3CC3)c2)cn1. The van der Waals surface area contributed by atoms with Crippen LogP contribution < -0.4 is 5.32 Å². The van der Waals surface area contributed by atoms with Crippen molar-refractivity contribution in [3.63, 3.8) is 0 Å². The van der Waals surface area contributed by atoms with Crippen molar-refractivity contribution in [1.29, 1.82) is 0 Å². The topological polar surface area (TPSA) is 62.5 Å². The molecule has 2 aromatic rings. The third-order valence-corrected chi connectivity index (χ3v) is 8.00. The molecule has 1 aromatic heterocycles. The van der Waals surface area contributed by atoms with Crippen molar-refractivity contribution >= 4 is 35.0 Å². The van der Waals surface area contributed by atoms with Crippen molar-refractivity contribution in [2.45, 2.75) is 60.5 Å². The minimum atomic E-state index is -5.75. The molecule has 35 heavy (non-hydrogen) atoms. The summed E-state index contributed by atoms with van der Waals surface area (Å²) in [5, 5.41) is 10.9. The van der Waals surface area contributed by atoms with E-state index in [1.54, 1.807) is 24.4 Å². The summed E-state index contributed by atoms with van der Waals surface area (Å²) in [6.07, 6.45) is -0.352. The van der Waals surface area contributed by atoms with Gasteiger partial charge in [-0.25, -0.2) is 4.68 Å². The Labute approximate surface area is 206 Å². The molecule has 2 saturated carbocycles. The molecule has 0 bridgehead atoms. The predicted octanol–water partition coefficient (Wildman–Crippen LogP) is 5.36. The van der Waals surface area contributed by atoms with E-state index in [1.165, 1.54) is 17.9 Å². The number of amides is 1. The maximum Gasteiger partial charge on any atom is 0.459 e. The van der Waals surface area contributed by atoms with Crippen molar-refractivity contribution in [1.82, 2.24) is 20.1 Å². The molecule has 0 spiro atoms. The largest absolute Gasteiger partial charge is 0.459 e. The number of hydrogen-bond acceptors (Lipinski definition) is 5. The Kier molecular flexibility index (Phi) is 6.02. The van der Waals surface area contributed by atoms with Gasteiger partial charge in [0.15, 0.2) is 6.17 Å². The van der Waals surface area contributed by atoms with Crippen LogP contribution in [0, 0.1) is 0 Å². The minimum Gasteiger partial charge on any atom is -0.349 e. The lowest BCUT2D eigenvalue weighted by atomic mass is 10.1. The molecule has 5 rings (SSSR count). The zero-order chi connectivity index (χ0) is 25.1. The van der Waals surface area contributed by atoms with Gasteiger partial charge in [-0.1, -0.05) is 17.7 Å². The lowest BCUT2D eigenvalue weighted by Gasteiger charge is -2.27. The summed E-state index contributed by atoms with van der Waals surface area (Å²) in [5.41, 5.74) is 0.244. The van der Waals surface area contributed by atoms with Gasteiger partial charge in [0.05, 0.1) is 22.0 Å². The molecule has 2 aliphatic carbocycles. The van der Waals surface area contributed by atoms with Crippen LogP contribution >= 0.6 is 23.4 Å². The number of rotatable bonds is 7. The van der Waals surface area contributed by atoms with Gasteiger partial charge in [-0.3, -0.25) is 9.80 Å². The van der Waals surface area contributed by atoms with E-state index >= 15 is 0 Å². The number of thioether (sulfide) groups is 1. The molecule has 1 aliphatic heterocycles. The molecule has 0 saturated heterocycles. The van der Waals surface area contributed by atoms with Crippen LogP contribution in [0.2, 0.25) is 5.02 Å². The van der Waals surface area contributed by atoms with E-state index in [1.807, 2.05) is 0 Å². The number of benzene rings is 1. The Morgan fingerprint density at radius 1 is 1.14 bits per heavy atom. The summed E-state index contributed by atoms with van der Waals surface area (Å²) < 4.78 is 69.6. The van der Waals surface area contributed by atoms with E-state index in [-0.39, 0.29) is 22.2 Å². The second kappa shape index (κ2) is 8.65. The average molecular weight is 534 g/mol. The third-order valence-electron chi connectivity index (χ3n) is 6.06. The van der Waals surface area contributed by atoms with Gasteiger partial charge in [0.2, 0.25) is 0 Å². The van der Waals surface area contributed by atoms with Crippen molar-refractivity contribution in [2.24, 2.45) is 5.10 Å². The quantitative estimate of drug-likeness (QED) is 0.487. The van der Waals surface area contributed by atoms with Gasteiger partial charge in [0, 0.05) is 30.1 Å². The molecule has 1 N–H and O–H groups in total. The number of aromatic nitrogens is 2. The molecular weight excluding hydrogens is 513 g/mol. The van der Waals surface area contributed by atoms with Crippen LogP contribution in [0.25, 0.3) is 11.1 Å². The minimum absolute atomic E-state index is 0.00192. The van der Waals surface area contributed by atoms with E-state index < -0.39 is 29.2 Å². The van der Waals surface area contributed by atoms with E-state index in [4.69, 9.17) is 11.6 Å². The van der Waals surface area contributed by atoms with Gasteiger partial charge >= 0.3 is 12.1 Å². The van der Waals surface area contributed by atoms with Crippen LogP contribution in [0.5, 0.6) is 0 Å². The Morgan fingerprint density at radius 3 is 2.49 bits per heavy atom. The average Bonchev–Trinajstić information content (AvgIpc) is 3.69. The first-order valence-corrected chi connectivity index (χ1v) is 12.3. The number of hydrazone groups is 1. The smallest absolute Gasteiger partial charge is 0.349 e. The number of halogens is 6. The van der Waals surface area contributed by atoms with Crippen molar-refractivity contribution in [2.75, 3.05) is 7.05 Å². The summed E-state index contributed by atoms with van der Waals surface area (Å²) >= 11 is 7.28. The highest BCUT2D eigenvalue weighted by Crippen LogP contribution is 2.49. The van der Waals surface area contributed by atoms with E-state index in [0.29, 0.717) is 16.7 Å². The lowest BCUT2D eigenvalue weighted by Crippen LogP contribution is -2.48. The normalized spacial score (nSPS) is 22.9. The van der Waals surface area contributed by atoms with E-state index in [2.05, 4.69) is 15.5 Å². The van der Waals surface area contributed by atoms with Gasteiger partial charge in [-0.05, 0) is 43.4 Å². The van der Waals surface area contributed by atoms with Crippen LogP contribution in [0.3, 0.4) is 0 Å². The Hall–Kier alpha value is -2.34. The van der Waals surface area contributed by atoms with Gasteiger partial charge in [-0.15, -0.1) is 11.8 Å². The molecule has 188 valence electrons. The first kappa shape index (κ1) is 24.4. The lowest BCUT2D eigenvalue weighted by molar-refractivity contribution is -0.249. The standard InChI is InChI=1S/C22H21ClF5N5OS/c1-32-20(17(35-14-5-6-14)18(31-32)21(24,25)22(26,27)28)33-10-12(9-29-33)11-2-7-16(23)15(8-11)19(34)30-13-3-4-13/h2,7-10,13-14,17,20H,3-6H2,1H3,(H,30,34). The first-order valence-electron chi connectivity index (χ1n) is 11.0. The van der Waals surface area contributed by atoms with E-state index in [0.717, 1.165) is 42.5 Å². The number of carbonyl (C=O) groups excluding carboxylic acids is 1. The summed E-state index contributed by atoms with van der Waals surface area (Å²) in [4.78, 5) is 12.5. The fourth-order valence-electron chi connectivity index (χ4n) is 3.87. The zero-order valence-corrected chi connectivity index (χ0v) is 20.0. The molecule has 2 fully saturated rings. The van der Waals surface area contributed by atoms with Crippen molar-refractivity contribution < 1.29 is 26.7 Å². The number of alkyl halides is 5. The highest BCUT2D eigenvalue weighted by molar-refractivity contribution is 8.01. The van der Waals surface area contributed by atoms with Gasteiger partial charge in [0.1, 0.15) is 5.71 Å². The molecule has 2 atom stereocenters. The van der Waals surface area contributed by atoms with Crippen molar-refractivity contribution in [3.8, 4) is 11.1 Å². The van der Waals surface area contributed by atoms with Gasteiger partial charge in [-0.2, -0.15) is 32.2 Å². The predicted molar refractivity (Wildman–Crippen MR) is 123 cm³/mol. The number of carbonyl (C=O) groups is 1. The Bertz CT molecular complexity index is 1180. The van der Waals surface area contributed by atoms with E-state index in [9.17, 15) is 26.7 Å². The molecule has 13 heteroatoms. The van der Waals surface area contributed by atoms with Crippen LogP contribution in [0.1, 0.15) is 42.2 Å². The number of nitrogens with one attached hydrogen (secondary N) is 1. The monoisotopic (exact) mass is 533 g/mol. The second-order valence-electron chi connectivity index (χ2n) is 8.95. The summed E-state index contributed by atoms with van der Waals surface area (Å²) in [5.74, 6) is -5.35. The van der Waals surface area contributed by atoms with Gasteiger partial charge < -0.3 is 5.32 Å². The highest BCUT2D eigenvalue weighted by Gasteiger charge is 2.66. The summed E-state index contributed by atoms with van der Waals surface area (Å²) in [6, 6.07) is 5.02. The Balaban J connectivity index is 1.44.